The Morgan fingerprint density at radius 2 is 1.82 bits per heavy atom. The van der Waals surface area contributed by atoms with E-state index in [1.807, 2.05) is 13.8 Å². The van der Waals surface area contributed by atoms with Crippen molar-refractivity contribution < 1.29 is 43.9 Å². The second kappa shape index (κ2) is 17.9. The molecule has 1 aromatic rings. The third-order valence-corrected chi connectivity index (χ3v) is 6.07. The average Bonchev–Trinajstić information content (AvgIpc) is 3.32. The minimum atomic E-state index is -1.33. The van der Waals surface area contributed by atoms with Crippen molar-refractivity contribution in [2.75, 3.05) is 26.5 Å². The number of aliphatic hydroxyl groups is 3. The van der Waals surface area contributed by atoms with Crippen molar-refractivity contribution in [1.29, 1.82) is 0 Å². The summed E-state index contributed by atoms with van der Waals surface area (Å²) in [5.41, 5.74) is 0.578. The molecule has 15 heteroatoms. The van der Waals surface area contributed by atoms with Gasteiger partial charge in [-0.3, -0.25) is 14.4 Å². The average molecular weight is 573 g/mol. The molecule has 0 aromatic carbocycles. The fourth-order valence-corrected chi connectivity index (χ4v) is 4.02. The lowest BCUT2D eigenvalue weighted by atomic mass is 9.96. The van der Waals surface area contributed by atoms with Gasteiger partial charge >= 0.3 is 0 Å². The topological polar surface area (TPSA) is 206 Å². The van der Waals surface area contributed by atoms with Crippen LogP contribution in [-0.4, -0.2) is 111 Å². The molecule has 3 amide bonds. The van der Waals surface area contributed by atoms with Gasteiger partial charge in [0.15, 0.2) is 6.29 Å². The molecule has 40 heavy (non-hydrogen) atoms. The third kappa shape index (κ3) is 12.2. The van der Waals surface area contributed by atoms with Gasteiger partial charge in [-0.15, -0.1) is 5.10 Å². The Kier molecular flexibility index (Phi) is 15.0. The van der Waals surface area contributed by atoms with Crippen molar-refractivity contribution in [3.63, 3.8) is 0 Å². The Morgan fingerprint density at radius 1 is 1.10 bits per heavy atom. The van der Waals surface area contributed by atoms with Crippen LogP contribution in [0.1, 0.15) is 58.6 Å². The molecule has 15 nitrogen and oxygen atoms in total. The van der Waals surface area contributed by atoms with E-state index in [2.05, 4.69) is 26.3 Å². The maximum absolute atomic E-state index is 11.9. The van der Waals surface area contributed by atoms with E-state index in [1.54, 1.807) is 6.20 Å². The van der Waals surface area contributed by atoms with Crippen LogP contribution in [0.4, 0.5) is 0 Å². The van der Waals surface area contributed by atoms with E-state index in [9.17, 15) is 24.6 Å². The van der Waals surface area contributed by atoms with Crippen molar-refractivity contribution in [2.24, 2.45) is 0 Å². The molecule has 0 radical (unpaired) electrons. The predicted molar refractivity (Wildman–Crippen MR) is 140 cm³/mol. The Morgan fingerprint density at radius 3 is 2.52 bits per heavy atom. The Bertz CT molecular complexity index is 915. The van der Waals surface area contributed by atoms with Crippen LogP contribution in [0, 0.1) is 0 Å². The highest BCUT2D eigenvalue weighted by atomic mass is 16.7. The van der Waals surface area contributed by atoms with Crippen LogP contribution in [0.3, 0.4) is 0 Å². The van der Waals surface area contributed by atoms with E-state index in [1.165, 1.54) is 11.6 Å². The van der Waals surface area contributed by atoms with Gasteiger partial charge in [0.05, 0.1) is 18.3 Å². The summed E-state index contributed by atoms with van der Waals surface area (Å²) >= 11 is 0. The van der Waals surface area contributed by atoms with Crippen molar-refractivity contribution in [2.45, 2.75) is 103 Å². The second-order valence-electron chi connectivity index (χ2n) is 9.93. The van der Waals surface area contributed by atoms with E-state index in [0.29, 0.717) is 25.1 Å². The molecule has 5 atom stereocenters. The minimum Gasteiger partial charge on any atom is -0.396 e. The number of aromatic nitrogens is 3. The van der Waals surface area contributed by atoms with E-state index in [0.717, 1.165) is 19.3 Å². The first-order valence-electron chi connectivity index (χ1n) is 13.7. The number of carbonyl (C=O) groups is 3. The molecule has 0 aliphatic carbocycles. The molecule has 0 saturated carbocycles. The number of amides is 3. The highest BCUT2D eigenvalue weighted by Gasteiger charge is 2.45. The molecule has 1 fully saturated rings. The molecule has 1 aliphatic rings. The van der Waals surface area contributed by atoms with Crippen LogP contribution in [-0.2, 0) is 41.6 Å². The zero-order chi connectivity index (χ0) is 29.5. The number of aliphatic hydroxyl groups excluding tert-OH is 3. The second-order valence-corrected chi connectivity index (χ2v) is 9.93. The Hall–Kier alpha value is -2.69. The number of nitrogens with zero attached hydrogens (tertiary/aromatic N) is 3. The quantitative estimate of drug-likeness (QED) is 0.0667. The van der Waals surface area contributed by atoms with Crippen LogP contribution < -0.4 is 16.0 Å². The summed E-state index contributed by atoms with van der Waals surface area (Å²) in [5, 5.41) is 46.1. The first kappa shape index (κ1) is 33.5. The van der Waals surface area contributed by atoms with Gasteiger partial charge in [0.1, 0.15) is 37.5 Å². The summed E-state index contributed by atoms with van der Waals surface area (Å²) in [6.07, 6.45) is 0.171. The fraction of sp³-hybridized carbons (Fsp3) is 0.800. The smallest absolute Gasteiger partial charge is 0.231 e. The highest BCUT2D eigenvalue weighted by molar-refractivity contribution is 5.96. The first-order chi connectivity index (χ1) is 19.1. The third-order valence-electron chi connectivity index (χ3n) is 6.07. The van der Waals surface area contributed by atoms with E-state index in [4.69, 9.17) is 19.3 Å². The summed E-state index contributed by atoms with van der Waals surface area (Å²) in [6.45, 7) is 5.80. The molecular weight excluding hydrogens is 528 g/mol. The largest absolute Gasteiger partial charge is 0.396 e. The SMILES string of the molecule is CC(=O)NC1C(OCCCCCCNC(=O)CC(=O)NCOC(C)C)OC(Cn2cc(CCO)nn2)C(O)C1O. The molecule has 2 rings (SSSR count). The zero-order valence-electron chi connectivity index (χ0n) is 23.5. The lowest BCUT2D eigenvalue weighted by molar-refractivity contribution is -0.267. The Balaban J connectivity index is 1.71. The number of unbranched alkanes of at least 4 members (excludes halogenated alkanes) is 3. The van der Waals surface area contributed by atoms with Crippen LogP contribution in [0.2, 0.25) is 0 Å². The van der Waals surface area contributed by atoms with Gasteiger partial charge in [0, 0.05) is 39.3 Å². The van der Waals surface area contributed by atoms with Crippen LogP contribution in [0.25, 0.3) is 0 Å². The summed E-state index contributed by atoms with van der Waals surface area (Å²) in [7, 11) is 0. The molecule has 1 saturated heterocycles. The number of carbonyl (C=O) groups excluding carboxylic acids is 3. The van der Waals surface area contributed by atoms with Gasteiger partial charge in [-0.1, -0.05) is 18.1 Å². The molecule has 1 aliphatic heterocycles. The minimum absolute atomic E-state index is 0.0118. The maximum Gasteiger partial charge on any atom is 0.231 e. The molecule has 5 unspecified atom stereocenters. The van der Waals surface area contributed by atoms with Gasteiger partial charge in [0.2, 0.25) is 17.7 Å². The summed E-state index contributed by atoms with van der Waals surface area (Å²) in [6, 6.07) is -0.964. The van der Waals surface area contributed by atoms with Crippen LogP contribution in [0.15, 0.2) is 6.20 Å². The molecule has 2 heterocycles. The summed E-state index contributed by atoms with van der Waals surface area (Å²) < 4.78 is 18.4. The molecule has 6 N–H and O–H groups in total. The van der Waals surface area contributed by atoms with Crippen LogP contribution in [0.5, 0.6) is 0 Å². The molecule has 0 spiro atoms. The van der Waals surface area contributed by atoms with E-state index < -0.39 is 42.5 Å². The highest BCUT2D eigenvalue weighted by Crippen LogP contribution is 2.24. The standard InChI is InChI=1S/C25H44N6O9/c1-16(2)39-15-27-21(35)12-20(34)26-9-6-4-5-7-11-38-25-22(28-17(3)33)24(37)23(36)19(40-25)14-31-13-18(8-10-32)29-30-31/h13,16,19,22-25,32,36-37H,4-12,14-15H2,1-3H3,(H,26,34)(H,27,35)(H,28,33). The monoisotopic (exact) mass is 572 g/mol. The van der Waals surface area contributed by atoms with Crippen LogP contribution >= 0.6 is 0 Å². The van der Waals surface area contributed by atoms with E-state index in [-0.39, 0.29) is 44.9 Å². The first-order valence-corrected chi connectivity index (χ1v) is 13.7. The molecule has 1 aromatic heterocycles. The normalized spacial score (nSPS) is 22.7. The Labute approximate surface area is 233 Å². The summed E-state index contributed by atoms with van der Waals surface area (Å²) in [4.78, 5) is 35.2. The van der Waals surface area contributed by atoms with Gasteiger partial charge in [-0.25, -0.2) is 4.68 Å². The maximum atomic E-state index is 11.9. The van der Waals surface area contributed by atoms with Gasteiger partial charge in [-0.05, 0) is 26.7 Å². The fourth-order valence-electron chi connectivity index (χ4n) is 4.02. The van der Waals surface area contributed by atoms with Gasteiger partial charge in [-0.2, -0.15) is 0 Å². The molecule has 0 bridgehead atoms. The van der Waals surface area contributed by atoms with Gasteiger partial charge in [0.25, 0.3) is 0 Å². The van der Waals surface area contributed by atoms with Crippen molar-refractivity contribution in [1.82, 2.24) is 30.9 Å². The summed E-state index contributed by atoms with van der Waals surface area (Å²) in [5.74, 6) is -1.15. The van der Waals surface area contributed by atoms with Gasteiger partial charge < -0.3 is 45.5 Å². The van der Waals surface area contributed by atoms with Crippen molar-refractivity contribution in [3.05, 3.63) is 11.9 Å². The number of ether oxygens (including phenoxy) is 3. The van der Waals surface area contributed by atoms with E-state index >= 15 is 0 Å². The number of rotatable bonds is 18. The number of hydrogen-bond donors (Lipinski definition) is 6. The zero-order valence-corrected chi connectivity index (χ0v) is 23.5. The number of nitrogens with one attached hydrogen (secondary N) is 3. The van der Waals surface area contributed by atoms with Crippen molar-refractivity contribution in [3.8, 4) is 0 Å². The molecule has 228 valence electrons. The van der Waals surface area contributed by atoms with Crippen molar-refractivity contribution >= 4 is 17.7 Å². The predicted octanol–water partition coefficient (Wildman–Crippen LogP) is -1.65. The lowest BCUT2D eigenvalue weighted by Crippen LogP contribution is -2.64. The number of hydrogen-bond acceptors (Lipinski definition) is 11. The molecular formula is C25H44N6O9. The lowest BCUT2D eigenvalue weighted by Gasteiger charge is -2.42.